The molecule has 0 aromatic rings. The number of likely N-dealkylation sites (tertiary alicyclic amines) is 1. The van der Waals surface area contributed by atoms with Crippen molar-refractivity contribution in [1.82, 2.24) is 52.8 Å². The molecule has 125 heavy (non-hydrogen) atoms. The molecule has 44 nitrogen and oxygen atoms in total. The van der Waals surface area contributed by atoms with Crippen LogP contribution in [0.4, 0.5) is 0 Å². The van der Waals surface area contributed by atoms with Gasteiger partial charge in [-0.3, -0.25) is 61.8 Å². The number of phosphoric ester groups is 1. The molecule has 16 atom stereocenters. The summed E-state index contributed by atoms with van der Waals surface area (Å²) in [6.45, 7) is 1.78. The molecule has 20 N–H and O–H groups in total. The van der Waals surface area contributed by atoms with Gasteiger partial charge in [-0.2, -0.15) is 0 Å². The Morgan fingerprint density at radius 3 is 1.26 bits per heavy atom. The van der Waals surface area contributed by atoms with Crippen LogP contribution in [-0.2, 0) is 109 Å². The molecule has 4 heterocycles. The Morgan fingerprint density at radius 1 is 0.440 bits per heavy atom. The third-order valence-corrected chi connectivity index (χ3v) is 21.8. The highest BCUT2D eigenvalue weighted by molar-refractivity contribution is 7.47. The van der Waals surface area contributed by atoms with E-state index >= 15 is 0 Å². The van der Waals surface area contributed by atoms with Gasteiger partial charge in [-0.1, -0.05) is 38.5 Å². The van der Waals surface area contributed by atoms with Gasteiger partial charge < -0.3 is 151 Å². The van der Waals surface area contributed by atoms with Crippen LogP contribution in [0, 0.1) is 0 Å². The lowest BCUT2D eigenvalue weighted by Gasteiger charge is -2.42. The lowest BCUT2D eigenvalue weighted by Crippen LogP contribution is -2.64. The molecule has 0 aromatic heterocycles. The van der Waals surface area contributed by atoms with Gasteiger partial charge in [-0.05, 0) is 83.5 Å². The lowest BCUT2D eigenvalue weighted by atomic mass is 9.97. The number of nitrogens with zero attached hydrogens (tertiary/aromatic N) is 1. The summed E-state index contributed by atoms with van der Waals surface area (Å²) in [5.41, 5.74) is -1.44. The van der Waals surface area contributed by atoms with Crippen LogP contribution in [0.15, 0.2) is 11.5 Å². The molecule has 45 heteroatoms. The second-order valence-electron chi connectivity index (χ2n) is 31.5. The number of amides is 10. The van der Waals surface area contributed by atoms with Crippen molar-refractivity contribution < 1.29 is 165 Å². The average molecular weight is 1820 g/mol. The molecule has 10 amide bonds. The zero-order chi connectivity index (χ0) is 92.1. The fraction of sp³-hybridized carbons (Fsp3) is 0.838. The normalized spacial score (nSPS) is 24.1. The van der Waals surface area contributed by atoms with Gasteiger partial charge in [-0.25, -0.2) is 4.57 Å². The number of hydrogen-bond acceptors (Lipinski definition) is 33. The number of aliphatic hydroxyl groups excluding tert-OH is 10. The van der Waals surface area contributed by atoms with E-state index in [0.29, 0.717) is 83.5 Å². The van der Waals surface area contributed by atoms with E-state index in [9.17, 15) is 113 Å². The monoisotopic (exact) mass is 1820 g/mol. The zero-order valence-corrected chi connectivity index (χ0v) is 73.5. The summed E-state index contributed by atoms with van der Waals surface area (Å²) in [6.07, 6.45) is -3.16. The van der Waals surface area contributed by atoms with E-state index in [1.807, 2.05) is 0 Å². The van der Waals surface area contributed by atoms with Crippen molar-refractivity contribution in [2.75, 3.05) is 132 Å². The van der Waals surface area contributed by atoms with Crippen LogP contribution in [0.3, 0.4) is 0 Å². The second-order valence-corrected chi connectivity index (χ2v) is 33.1. The van der Waals surface area contributed by atoms with Crippen LogP contribution in [0.5, 0.6) is 0 Å². The lowest BCUT2D eigenvalue weighted by molar-refractivity contribution is -0.270. The molecule has 4 rings (SSSR count). The minimum atomic E-state index is -4.28. The molecule has 0 saturated carbocycles. The van der Waals surface area contributed by atoms with Crippen molar-refractivity contribution in [3.05, 3.63) is 11.5 Å². The molecule has 16 unspecified atom stereocenters. The molecule has 3 saturated heterocycles. The standard InChI is InChI=1S/C80H141N10O34P/c1-52(94)86-68-74(109)71(106)58(45-91)122-77(68)118-37-18-14-24-61(99)81-32-17-13-23-56(97)29-40-115-49-80(89-66(104)27-11-9-7-5-6-8-10-12-28-67(105)90-44-57(98)43-55(90)48-121-125(112,113)114-4,50-116-41-30-64(102)84-35-21-33-82-62(100)25-15-19-38-119-78-69(87-53(2)95)75(110)72(107)59(46-92)123-78)51-117-42-31-65(103)85-36-22-34-83-63(101)26-16-20-39-120-79-70(88-54(3)96)76(111)73(108)60(47-93)124-79/h55,57-60,68-70,72-73,75-79,91-93,98,106-111H,5-51H2,1-4H3,(H,81,99)(H,82,100)(H,83,101)(H,84,102)(H,85,103)(H,86,94)(H,87,95)(H,88,96)(H,89,104)(H,112,113). The first-order chi connectivity index (χ1) is 59.8. The minimum Gasteiger partial charge on any atom is -0.506 e. The number of ketones is 1. The van der Waals surface area contributed by atoms with Crippen molar-refractivity contribution in [2.24, 2.45) is 0 Å². The summed E-state index contributed by atoms with van der Waals surface area (Å²) in [6, 6.07) is -4.01. The summed E-state index contributed by atoms with van der Waals surface area (Å²) >= 11 is 0. The Bertz CT molecular complexity index is 3200. The van der Waals surface area contributed by atoms with Gasteiger partial charge in [-0.15, -0.1) is 0 Å². The maximum atomic E-state index is 14.1. The van der Waals surface area contributed by atoms with Crippen LogP contribution in [0.25, 0.3) is 0 Å². The van der Waals surface area contributed by atoms with Crippen molar-refractivity contribution in [2.45, 2.75) is 298 Å². The zero-order valence-electron chi connectivity index (χ0n) is 72.6. The van der Waals surface area contributed by atoms with E-state index in [4.69, 9.17) is 47.2 Å². The molecule has 0 aliphatic carbocycles. The highest BCUT2D eigenvalue weighted by Crippen LogP contribution is 2.43. The molecule has 0 spiro atoms. The molecular weight excluding hydrogens is 1680 g/mol. The molecule has 3 fully saturated rings. The maximum Gasteiger partial charge on any atom is 0.471 e. The van der Waals surface area contributed by atoms with Crippen molar-refractivity contribution in [3.63, 3.8) is 0 Å². The molecule has 0 aromatic carbocycles. The third-order valence-electron chi connectivity index (χ3n) is 20.8. The number of Topliss-reactive ketones (excluding diaryl/α,β-unsaturated/α-hetero) is 1. The van der Waals surface area contributed by atoms with E-state index in [-0.39, 0.29) is 217 Å². The van der Waals surface area contributed by atoms with Crippen molar-refractivity contribution in [3.8, 4) is 0 Å². The predicted molar refractivity (Wildman–Crippen MR) is 441 cm³/mol. The number of hydrogen-bond donors (Lipinski definition) is 20. The fourth-order valence-electron chi connectivity index (χ4n) is 14.0. The number of nitrogens with one attached hydrogen (secondary N) is 9. The number of carbonyl (C=O) groups excluding carboxylic acids is 11. The summed E-state index contributed by atoms with van der Waals surface area (Å²) in [7, 11) is -3.25. The minimum absolute atomic E-state index is 0.0262. The van der Waals surface area contributed by atoms with Crippen LogP contribution in [0.2, 0.25) is 0 Å². The summed E-state index contributed by atoms with van der Waals surface area (Å²) in [4.78, 5) is 151. The van der Waals surface area contributed by atoms with E-state index in [1.54, 1.807) is 0 Å². The Hall–Kier alpha value is -6.86. The van der Waals surface area contributed by atoms with Gasteiger partial charge in [0.1, 0.15) is 72.2 Å². The Balaban J connectivity index is 1.32. The Labute approximate surface area is 729 Å². The topological polar surface area (TPSA) is 640 Å². The average Bonchev–Trinajstić information content (AvgIpc) is 1.57. The first kappa shape index (κ1) is 110. The Morgan fingerprint density at radius 2 is 0.832 bits per heavy atom. The summed E-state index contributed by atoms with van der Waals surface area (Å²) in [5, 5.41) is 126. The molecule has 0 radical (unpaired) electrons. The van der Waals surface area contributed by atoms with Crippen molar-refractivity contribution >= 4 is 72.7 Å². The second kappa shape index (κ2) is 62.4. The highest BCUT2D eigenvalue weighted by atomic mass is 31.2. The van der Waals surface area contributed by atoms with Gasteiger partial charge in [0, 0.05) is 145 Å². The maximum absolute atomic E-state index is 14.1. The molecule has 0 bridgehead atoms. The molecule has 4 aliphatic heterocycles. The van der Waals surface area contributed by atoms with Gasteiger partial charge >= 0.3 is 7.82 Å². The van der Waals surface area contributed by atoms with Crippen LogP contribution >= 0.6 is 7.82 Å². The number of unbranched alkanes of at least 4 members (excludes halogenated alkanes) is 11. The van der Waals surface area contributed by atoms with Crippen LogP contribution in [-0.4, -0.2) is 355 Å². The molecular formula is C80H141N10O34P. The van der Waals surface area contributed by atoms with E-state index in [2.05, 4.69) is 52.4 Å². The number of carbonyl (C=O) groups is 11. The van der Waals surface area contributed by atoms with Gasteiger partial charge in [0.25, 0.3) is 0 Å². The van der Waals surface area contributed by atoms with Gasteiger partial charge in [0.05, 0.1) is 78.2 Å². The number of rotatable bonds is 68. The number of aliphatic hydroxyl groups is 10. The summed E-state index contributed by atoms with van der Waals surface area (Å²) < 4.78 is 73.5. The molecule has 720 valence electrons. The smallest absolute Gasteiger partial charge is 0.471 e. The number of ether oxygens (including phenoxy) is 9. The first-order valence-corrected chi connectivity index (χ1v) is 45.0. The van der Waals surface area contributed by atoms with Gasteiger partial charge in [0.15, 0.2) is 30.4 Å². The van der Waals surface area contributed by atoms with E-state index in [1.165, 1.54) is 25.7 Å². The van der Waals surface area contributed by atoms with E-state index < -0.39 is 154 Å². The fourth-order valence-corrected chi connectivity index (χ4v) is 14.4. The Kier molecular flexibility index (Phi) is 55.1. The third kappa shape index (κ3) is 44.8. The van der Waals surface area contributed by atoms with Gasteiger partial charge in [0.2, 0.25) is 59.1 Å². The SMILES string of the molecule is COP(=O)(O)OCC1CC(O)CN1C(=O)CCCCCCCCCCC(=O)NC(COCCC(=O)CCCCNC(=O)CCCCOC1OC(CO)C(O)=C(O)C1NC(C)=O)(COCCC(=O)NCCCNC(=O)CCCCOC1OC(CO)C(O)C(O)C1NC(C)=O)COCCC(=O)NCCCNC(=O)CCCCOC1OC(CO)C(O)C(O)C1NC(C)=O. The highest BCUT2D eigenvalue weighted by Gasteiger charge is 2.48. The first-order valence-electron chi connectivity index (χ1n) is 43.5. The molecule has 4 aliphatic rings. The number of β-amino-alcohol motifs (C(OH)–C–C–N with tert-alkyl or cyclic N) is 1. The number of phosphoric acid groups is 1. The summed E-state index contributed by atoms with van der Waals surface area (Å²) in [5.74, 6) is -5.04. The van der Waals surface area contributed by atoms with Crippen LogP contribution in [0.1, 0.15) is 201 Å². The van der Waals surface area contributed by atoms with Crippen molar-refractivity contribution in [1.29, 1.82) is 0 Å². The predicted octanol–water partition coefficient (Wildman–Crippen LogP) is -2.21. The quantitative estimate of drug-likeness (QED) is 0.0227. The largest absolute Gasteiger partial charge is 0.506 e. The van der Waals surface area contributed by atoms with Crippen LogP contribution < -0.4 is 47.9 Å². The van der Waals surface area contributed by atoms with E-state index in [0.717, 1.165) is 39.2 Å².